The molecule has 0 aliphatic rings. The molecule has 0 unspecified atom stereocenters. The average Bonchev–Trinajstić information content (AvgIpc) is 3.08. The molecule has 0 bridgehead atoms. The molecule has 0 aliphatic carbocycles. The summed E-state index contributed by atoms with van der Waals surface area (Å²) >= 11 is 0. The molecule has 12 nitrogen and oxygen atoms in total. The van der Waals surface area contributed by atoms with Crippen LogP contribution in [0.2, 0.25) is 24.2 Å². The lowest BCUT2D eigenvalue weighted by atomic mass is 10.4. The predicted octanol–water partition coefficient (Wildman–Crippen LogP) is 5.81. The zero-order valence-corrected chi connectivity index (χ0v) is 36.3. The fraction of sp³-hybridized carbons (Fsp3) is 1.00. The number of hydrogen-bond acceptors (Lipinski definition) is 16. The van der Waals surface area contributed by atoms with Gasteiger partial charge in [-0.15, -0.1) is 0 Å². The summed E-state index contributed by atoms with van der Waals surface area (Å²) in [6, 6.07) is 3.32. The van der Waals surface area contributed by atoms with Crippen molar-refractivity contribution < 1.29 is 53.1 Å². The molecule has 0 atom stereocenters. The molecule has 0 N–H and O–H groups in total. The van der Waals surface area contributed by atoms with E-state index >= 15 is 0 Å². The van der Waals surface area contributed by atoms with E-state index < -0.39 is 35.2 Å². The quantitative estimate of drug-likeness (QED) is 0.0497. The summed E-state index contributed by atoms with van der Waals surface area (Å²) in [6.07, 6.45) is 4.43. The maximum Gasteiger partial charge on any atom is 0.501 e. The van der Waals surface area contributed by atoms with E-state index in [1.165, 1.54) is 0 Å². The van der Waals surface area contributed by atoms with Crippen molar-refractivity contribution in [3.8, 4) is 0 Å². The van der Waals surface area contributed by atoms with Crippen LogP contribution >= 0.6 is 43.2 Å². The van der Waals surface area contributed by atoms with Crippen molar-refractivity contribution in [1.82, 2.24) is 0 Å². The number of unbranched alkanes of at least 4 members (excludes halogenated alkanes) is 2. The van der Waals surface area contributed by atoms with Crippen molar-refractivity contribution in [2.45, 2.75) is 49.9 Å². The molecule has 0 amide bonds. The second-order valence-corrected chi connectivity index (χ2v) is 26.7. The van der Waals surface area contributed by atoms with Gasteiger partial charge in [-0.05, 0) is 25.7 Å². The lowest BCUT2D eigenvalue weighted by molar-refractivity contribution is 0.122. The van der Waals surface area contributed by atoms with Crippen molar-refractivity contribution >= 4 is 78.4 Å². The van der Waals surface area contributed by atoms with Crippen molar-refractivity contribution in [2.75, 3.05) is 108 Å². The van der Waals surface area contributed by atoms with Crippen LogP contribution in [-0.4, -0.2) is 144 Å². The Kier molecular flexibility index (Phi) is 32.3. The van der Waals surface area contributed by atoms with Gasteiger partial charge in [-0.1, -0.05) is 43.2 Å². The average molecular weight is 781 g/mol. The highest BCUT2D eigenvalue weighted by molar-refractivity contribution is 8.77. The van der Waals surface area contributed by atoms with Gasteiger partial charge in [-0.3, -0.25) is 0 Å². The van der Waals surface area contributed by atoms with Crippen molar-refractivity contribution in [1.29, 1.82) is 0 Å². The third kappa shape index (κ3) is 19.7. The van der Waals surface area contributed by atoms with Crippen molar-refractivity contribution in [3.05, 3.63) is 0 Å². The van der Waals surface area contributed by atoms with Crippen LogP contribution in [0.25, 0.3) is 0 Å². The van der Waals surface area contributed by atoms with Crippen molar-refractivity contribution in [2.24, 2.45) is 0 Å². The van der Waals surface area contributed by atoms with Crippen LogP contribution in [0, 0.1) is 0 Å². The van der Waals surface area contributed by atoms with Gasteiger partial charge >= 0.3 is 35.2 Å². The smallest absolute Gasteiger partial charge is 0.377 e. The molecule has 20 heteroatoms. The molecule has 0 saturated heterocycles. The van der Waals surface area contributed by atoms with E-state index in [1.54, 1.807) is 107 Å². The Bertz CT molecular complexity index is 555. The maximum absolute atomic E-state index is 5.42. The number of rotatable bonds is 30. The fourth-order valence-electron chi connectivity index (χ4n) is 3.80. The maximum atomic E-state index is 5.42. The van der Waals surface area contributed by atoms with Crippen LogP contribution in [0.3, 0.4) is 0 Å². The molecule has 0 rings (SSSR count). The Hall–Kier alpha value is 1.79. The summed E-state index contributed by atoms with van der Waals surface area (Å²) in [5.41, 5.74) is 0. The van der Waals surface area contributed by atoms with Crippen LogP contribution in [-0.2, 0) is 53.1 Å². The zero-order valence-electron chi connectivity index (χ0n) is 29.0. The van der Waals surface area contributed by atoms with E-state index in [-0.39, 0.29) is 0 Å². The lowest BCUT2D eigenvalue weighted by Crippen LogP contribution is -2.43. The Morgan fingerprint density at radius 3 is 0.705 bits per heavy atom. The Morgan fingerprint density at radius 1 is 0.273 bits per heavy atom. The van der Waals surface area contributed by atoms with Crippen LogP contribution < -0.4 is 0 Å². The molecule has 0 aromatic heterocycles. The van der Waals surface area contributed by atoms with Gasteiger partial charge in [0, 0.05) is 133 Å². The van der Waals surface area contributed by atoms with E-state index in [1.807, 2.05) is 21.6 Å². The second-order valence-electron chi connectivity index (χ2n) is 8.88. The van der Waals surface area contributed by atoms with E-state index in [0.29, 0.717) is 0 Å². The van der Waals surface area contributed by atoms with E-state index in [2.05, 4.69) is 0 Å². The Balaban J connectivity index is 0. The third-order valence-corrected chi connectivity index (χ3v) is 23.6. The van der Waals surface area contributed by atoms with Gasteiger partial charge in [-0.25, -0.2) is 0 Å². The van der Waals surface area contributed by atoms with Gasteiger partial charge in [0.25, 0.3) is 0 Å². The molecule has 268 valence electrons. The van der Waals surface area contributed by atoms with E-state index in [0.717, 1.165) is 72.9 Å². The van der Waals surface area contributed by atoms with Gasteiger partial charge in [0.1, 0.15) is 0 Å². The topological polar surface area (TPSA) is 111 Å². The van der Waals surface area contributed by atoms with Gasteiger partial charge < -0.3 is 53.1 Å². The molecule has 0 fully saturated rings. The molecule has 0 spiro atoms. The van der Waals surface area contributed by atoms with Crippen LogP contribution in [0.5, 0.6) is 0 Å². The zero-order chi connectivity index (χ0) is 33.8. The molecular weight excluding hydrogens is 721 g/mol. The minimum atomic E-state index is -2.43. The molecule has 0 aromatic carbocycles. The fourth-order valence-corrected chi connectivity index (χ4v) is 17.0. The highest BCUT2D eigenvalue weighted by Gasteiger charge is 2.39. The summed E-state index contributed by atoms with van der Waals surface area (Å²) in [6.45, 7) is 0. The Morgan fingerprint density at radius 2 is 0.477 bits per heavy atom. The van der Waals surface area contributed by atoms with Crippen molar-refractivity contribution in [3.63, 3.8) is 0 Å². The van der Waals surface area contributed by atoms with E-state index in [4.69, 9.17) is 53.1 Å². The standard InChI is InChI=1S/C14H34O6S2Si2.C10H26O6S2Si2/c1-15-23(16-2,17-3)13-9-7-11-21-22-12-8-10-14-24(18-4,19-5)20-6;1-11-19(12-2,13-3)9-7-17-18-8-10-20(14-4,15-5)16-6/h7-14H2,1-6H3;7-10H2,1-6H3. The minimum Gasteiger partial charge on any atom is -0.377 e. The second kappa shape index (κ2) is 29.7. The summed E-state index contributed by atoms with van der Waals surface area (Å²) in [4.78, 5) is 0. The molecular formula is C24H60O12S4Si4. The lowest BCUT2D eigenvalue weighted by Gasteiger charge is -2.24. The third-order valence-electron chi connectivity index (χ3n) is 6.80. The summed E-state index contributed by atoms with van der Waals surface area (Å²) in [5.74, 6) is 4.10. The molecule has 0 saturated carbocycles. The first kappa shape index (κ1) is 47.9. The highest BCUT2D eigenvalue weighted by Crippen LogP contribution is 2.29. The molecule has 44 heavy (non-hydrogen) atoms. The van der Waals surface area contributed by atoms with Crippen LogP contribution in [0.4, 0.5) is 0 Å². The predicted molar refractivity (Wildman–Crippen MR) is 195 cm³/mol. The first-order valence-corrected chi connectivity index (χ1v) is 27.0. The molecule has 0 aliphatic heterocycles. The highest BCUT2D eigenvalue weighted by atomic mass is 33.1. The molecule has 0 radical (unpaired) electrons. The molecule has 0 aromatic rings. The summed E-state index contributed by atoms with van der Waals surface area (Å²) in [5, 5.41) is 0. The van der Waals surface area contributed by atoms with Gasteiger partial charge in [0.2, 0.25) is 0 Å². The summed E-state index contributed by atoms with van der Waals surface area (Å²) < 4.78 is 64.7. The van der Waals surface area contributed by atoms with Gasteiger partial charge in [0.15, 0.2) is 0 Å². The first-order valence-electron chi connectivity index (χ1n) is 14.3. The van der Waals surface area contributed by atoms with Gasteiger partial charge in [0.05, 0.1) is 0 Å². The largest absolute Gasteiger partial charge is 0.501 e. The summed E-state index contributed by atoms with van der Waals surface area (Å²) in [7, 11) is 17.5. The number of hydrogen-bond donors (Lipinski definition) is 0. The monoisotopic (exact) mass is 780 g/mol. The molecule has 0 heterocycles. The first-order chi connectivity index (χ1) is 21.1. The Labute approximate surface area is 288 Å². The SMILES string of the molecule is CO[Si](CCCCSSCCCC[Si](OC)(OC)OC)(OC)OC.CO[Si](CCSSCC[Si](OC)(OC)OC)(OC)OC. The van der Waals surface area contributed by atoms with Gasteiger partial charge in [-0.2, -0.15) is 0 Å². The van der Waals surface area contributed by atoms with Crippen LogP contribution in [0.15, 0.2) is 0 Å². The van der Waals surface area contributed by atoms with Crippen LogP contribution in [0.1, 0.15) is 25.7 Å². The minimum absolute atomic E-state index is 0.787. The normalized spacial score (nSPS) is 12.8. The van der Waals surface area contributed by atoms with E-state index in [9.17, 15) is 0 Å².